The van der Waals surface area contributed by atoms with E-state index >= 15 is 0 Å². The Morgan fingerprint density at radius 3 is 2.96 bits per heavy atom. The van der Waals surface area contributed by atoms with E-state index in [1.807, 2.05) is 6.07 Å². The van der Waals surface area contributed by atoms with E-state index in [1.54, 1.807) is 7.11 Å². The molecule has 3 unspecified atom stereocenters. The van der Waals surface area contributed by atoms with Gasteiger partial charge >= 0.3 is 0 Å². The Kier molecular flexibility index (Phi) is 4.79. The number of nitrogens with zero attached hydrogens (tertiary/aromatic N) is 2. The quantitative estimate of drug-likeness (QED) is 0.878. The summed E-state index contributed by atoms with van der Waals surface area (Å²) in [5.74, 6) is 1.47. The van der Waals surface area contributed by atoms with Crippen molar-refractivity contribution < 1.29 is 4.74 Å². The number of nitrogens with one attached hydrogen (secondary N) is 2. The molecule has 2 aromatic rings. The number of hydrazine groups is 1. The number of rotatable bonds is 5. The van der Waals surface area contributed by atoms with E-state index in [9.17, 15) is 0 Å². The number of hydrogen-bond donors (Lipinski definition) is 2. The first-order valence-corrected chi connectivity index (χ1v) is 9.31. The lowest BCUT2D eigenvalue weighted by molar-refractivity contribution is 0.127. The van der Waals surface area contributed by atoms with Crippen LogP contribution in [0.1, 0.15) is 36.7 Å². The van der Waals surface area contributed by atoms with E-state index in [0.717, 1.165) is 38.3 Å². The monoisotopic (exact) mass is 340 g/mol. The second-order valence-electron chi connectivity index (χ2n) is 7.09. The van der Waals surface area contributed by atoms with Crippen molar-refractivity contribution >= 4 is 0 Å². The van der Waals surface area contributed by atoms with Crippen LogP contribution < -0.4 is 15.6 Å². The third-order valence-electron chi connectivity index (χ3n) is 5.68. The summed E-state index contributed by atoms with van der Waals surface area (Å²) in [5, 5.41) is 0. The van der Waals surface area contributed by atoms with Crippen LogP contribution in [0, 0.1) is 5.92 Å². The summed E-state index contributed by atoms with van der Waals surface area (Å²) >= 11 is 0. The summed E-state index contributed by atoms with van der Waals surface area (Å²) in [5.41, 5.74) is 9.60. The first kappa shape index (κ1) is 16.6. The number of ether oxygens (including phenoxy) is 1. The average Bonchev–Trinajstić information content (AvgIpc) is 3.31. The van der Waals surface area contributed by atoms with E-state index in [0.29, 0.717) is 18.0 Å². The van der Waals surface area contributed by atoms with Gasteiger partial charge in [-0.15, -0.1) is 0 Å². The molecule has 1 aromatic heterocycles. The van der Waals surface area contributed by atoms with Crippen molar-refractivity contribution in [1.82, 2.24) is 20.3 Å². The molecule has 2 aliphatic heterocycles. The van der Waals surface area contributed by atoms with Crippen LogP contribution in [-0.2, 0) is 6.54 Å². The van der Waals surface area contributed by atoms with Crippen molar-refractivity contribution in [1.29, 1.82) is 0 Å². The zero-order valence-electron chi connectivity index (χ0n) is 15.1. The van der Waals surface area contributed by atoms with Gasteiger partial charge in [0.25, 0.3) is 0 Å². The fourth-order valence-electron chi connectivity index (χ4n) is 4.40. The van der Waals surface area contributed by atoms with Gasteiger partial charge in [0.1, 0.15) is 5.75 Å². The summed E-state index contributed by atoms with van der Waals surface area (Å²) < 4.78 is 7.81. The van der Waals surface area contributed by atoms with Gasteiger partial charge in [0.05, 0.1) is 13.2 Å². The van der Waals surface area contributed by atoms with Crippen LogP contribution in [-0.4, -0.2) is 36.2 Å². The fraction of sp³-hybridized carbons (Fsp3) is 0.500. The third-order valence-corrected chi connectivity index (χ3v) is 5.68. The van der Waals surface area contributed by atoms with Gasteiger partial charge in [-0.2, -0.15) is 0 Å². The van der Waals surface area contributed by atoms with Crippen LogP contribution in [0.4, 0.5) is 0 Å². The summed E-state index contributed by atoms with van der Waals surface area (Å²) in [6.07, 6.45) is 3.37. The predicted molar refractivity (Wildman–Crippen MR) is 99.4 cm³/mol. The van der Waals surface area contributed by atoms with Crippen molar-refractivity contribution in [3.05, 3.63) is 53.9 Å². The maximum Gasteiger partial charge on any atom is 0.119 e. The molecule has 0 spiro atoms. The molecule has 0 bridgehead atoms. The Morgan fingerprint density at radius 2 is 2.12 bits per heavy atom. The first-order chi connectivity index (χ1) is 12.3. The van der Waals surface area contributed by atoms with Crippen LogP contribution in [0.15, 0.2) is 42.6 Å². The highest BCUT2D eigenvalue weighted by atomic mass is 16.5. The van der Waals surface area contributed by atoms with E-state index in [-0.39, 0.29) is 0 Å². The molecule has 0 saturated carbocycles. The molecule has 0 radical (unpaired) electrons. The number of aromatic nitrogens is 1. The highest BCUT2D eigenvalue weighted by Gasteiger charge is 2.33. The number of methoxy groups -OCH3 is 1. The zero-order valence-corrected chi connectivity index (χ0v) is 15.1. The maximum atomic E-state index is 5.40. The first-order valence-electron chi connectivity index (χ1n) is 9.31. The molecule has 134 valence electrons. The molecule has 2 N–H and O–H groups in total. The molecule has 1 saturated heterocycles. The van der Waals surface area contributed by atoms with Crippen LogP contribution in [0.25, 0.3) is 0 Å². The number of fused-ring (bicyclic) bond motifs is 1. The molecule has 1 aromatic carbocycles. The van der Waals surface area contributed by atoms with E-state index in [2.05, 4.69) is 63.8 Å². The lowest BCUT2D eigenvalue weighted by Crippen LogP contribution is -2.41. The minimum absolute atomic E-state index is 0.321. The summed E-state index contributed by atoms with van der Waals surface area (Å²) in [4.78, 5) is 2.67. The van der Waals surface area contributed by atoms with Crippen molar-refractivity contribution in [2.75, 3.05) is 26.7 Å². The van der Waals surface area contributed by atoms with E-state index in [4.69, 9.17) is 4.74 Å². The van der Waals surface area contributed by atoms with E-state index < -0.39 is 0 Å². The van der Waals surface area contributed by atoms with Gasteiger partial charge in [-0.1, -0.05) is 19.1 Å². The summed E-state index contributed by atoms with van der Waals surface area (Å²) in [6, 6.07) is 13.7. The SMILES string of the molecule is CCC1c2cccn2CCN1CC1CNNC1c1cccc(OC)c1. The fourth-order valence-corrected chi connectivity index (χ4v) is 4.40. The predicted octanol–water partition coefficient (Wildman–Crippen LogP) is 2.73. The topological polar surface area (TPSA) is 41.5 Å². The second-order valence-corrected chi connectivity index (χ2v) is 7.09. The summed E-state index contributed by atoms with van der Waals surface area (Å²) in [6.45, 7) is 6.62. The molecule has 1 fully saturated rings. The molecule has 3 heterocycles. The van der Waals surface area contributed by atoms with Crippen LogP contribution in [0.3, 0.4) is 0 Å². The lowest BCUT2D eigenvalue weighted by atomic mass is 9.93. The van der Waals surface area contributed by atoms with Crippen molar-refractivity contribution in [3.63, 3.8) is 0 Å². The molecular weight excluding hydrogens is 312 g/mol. The Hall–Kier alpha value is -1.82. The van der Waals surface area contributed by atoms with Gasteiger partial charge in [0, 0.05) is 50.0 Å². The zero-order chi connectivity index (χ0) is 17.2. The van der Waals surface area contributed by atoms with Crippen molar-refractivity contribution in [3.8, 4) is 5.75 Å². The largest absolute Gasteiger partial charge is 0.497 e. The Balaban J connectivity index is 1.51. The molecule has 0 amide bonds. The van der Waals surface area contributed by atoms with Gasteiger partial charge in [-0.05, 0) is 36.2 Å². The van der Waals surface area contributed by atoms with Crippen LogP contribution in [0.2, 0.25) is 0 Å². The van der Waals surface area contributed by atoms with Crippen molar-refractivity contribution in [2.45, 2.75) is 32.0 Å². The molecule has 5 heteroatoms. The molecule has 3 atom stereocenters. The van der Waals surface area contributed by atoms with E-state index in [1.165, 1.54) is 11.3 Å². The highest BCUT2D eigenvalue weighted by molar-refractivity contribution is 5.31. The molecule has 25 heavy (non-hydrogen) atoms. The molecule has 0 aliphatic carbocycles. The standard InChI is InChI=1S/C20H28N4O/c1-3-18-19-8-5-9-23(19)10-11-24(18)14-16-13-21-22-20(16)15-6-4-7-17(12-15)25-2/h4-9,12,16,18,20-22H,3,10-11,13-14H2,1-2H3. The minimum Gasteiger partial charge on any atom is -0.497 e. The van der Waals surface area contributed by atoms with Gasteiger partial charge in [-0.3, -0.25) is 10.3 Å². The number of hydrogen-bond acceptors (Lipinski definition) is 4. The minimum atomic E-state index is 0.321. The second kappa shape index (κ2) is 7.20. The van der Waals surface area contributed by atoms with Gasteiger partial charge in [-0.25, -0.2) is 5.43 Å². The normalized spacial score (nSPS) is 26.6. The maximum absolute atomic E-state index is 5.40. The number of benzene rings is 1. The van der Waals surface area contributed by atoms with Gasteiger partial charge < -0.3 is 9.30 Å². The third kappa shape index (κ3) is 3.19. The van der Waals surface area contributed by atoms with Crippen LogP contribution in [0.5, 0.6) is 5.75 Å². The van der Waals surface area contributed by atoms with Gasteiger partial charge in [0.2, 0.25) is 0 Å². The molecule has 5 nitrogen and oxygen atoms in total. The Bertz CT molecular complexity index is 713. The average molecular weight is 340 g/mol. The Morgan fingerprint density at radius 1 is 1.20 bits per heavy atom. The van der Waals surface area contributed by atoms with Crippen molar-refractivity contribution in [2.24, 2.45) is 5.92 Å². The molecular formula is C20H28N4O. The van der Waals surface area contributed by atoms with Gasteiger partial charge in [0.15, 0.2) is 0 Å². The Labute approximate surface area is 149 Å². The highest BCUT2D eigenvalue weighted by Crippen LogP contribution is 2.33. The molecule has 2 aliphatic rings. The van der Waals surface area contributed by atoms with Crippen LogP contribution >= 0.6 is 0 Å². The lowest BCUT2D eigenvalue weighted by Gasteiger charge is -2.38. The summed E-state index contributed by atoms with van der Waals surface area (Å²) in [7, 11) is 1.73. The smallest absolute Gasteiger partial charge is 0.119 e. The molecule has 4 rings (SSSR count).